The van der Waals surface area contributed by atoms with Crippen LogP contribution in [0.1, 0.15) is 12.7 Å². The van der Waals surface area contributed by atoms with E-state index in [0.717, 1.165) is 0 Å². The minimum absolute atomic E-state index is 0.438. The summed E-state index contributed by atoms with van der Waals surface area (Å²) < 4.78 is 5.06. The fourth-order valence-electron chi connectivity index (χ4n) is 1.38. The maximum absolute atomic E-state index is 10.0. The zero-order chi connectivity index (χ0) is 12.9. The molecule has 0 saturated heterocycles. The Labute approximate surface area is 106 Å². The second kappa shape index (κ2) is 6.07. The van der Waals surface area contributed by atoms with E-state index < -0.39 is 5.60 Å². The zero-order valence-corrected chi connectivity index (χ0v) is 11.5. The Hall–Kier alpha value is -1.01. The zero-order valence-electron chi connectivity index (χ0n) is 10.6. The van der Waals surface area contributed by atoms with Gasteiger partial charge < -0.3 is 15.2 Å². The van der Waals surface area contributed by atoms with Crippen LogP contribution in [0.4, 0.5) is 5.82 Å². The molecule has 1 aromatic rings. The third kappa shape index (κ3) is 4.79. The maximum Gasteiger partial charge on any atom is 0.218 e. The van der Waals surface area contributed by atoms with Crippen LogP contribution in [0.25, 0.3) is 0 Å². The largest absolute Gasteiger partial charge is 0.481 e. The highest BCUT2D eigenvalue weighted by Crippen LogP contribution is 2.15. The molecule has 1 unspecified atom stereocenters. The molecule has 0 amide bonds. The first-order valence-corrected chi connectivity index (χ1v) is 6.71. The number of aromatic nitrogens is 2. The first kappa shape index (κ1) is 14.1. The summed E-state index contributed by atoms with van der Waals surface area (Å²) in [5.41, 5.74) is -0.758. The van der Waals surface area contributed by atoms with Gasteiger partial charge in [0.25, 0.3) is 0 Å². The standard InChI is InChI=1S/C11H19N3O2S/c1-8-13-9(5-10(14-8)16-3)12-6-11(2,15)7-17-4/h5,15H,6-7H2,1-4H3,(H,12,13,14). The summed E-state index contributed by atoms with van der Waals surface area (Å²) in [6.07, 6.45) is 1.96. The van der Waals surface area contributed by atoms with Gasteiger partial charge in [-0.05, 0) is 20.1 Å². The Morgan fingerprint density at radius 1 is 1.53 bits per heavy atom. The molecule has 0 saturated carbocycles. The van der Waals surface area contributed by atoms with E-state index in [1.165, 1.54) is 0 Å². The third-order valence-corrected chi connectivity index (χ3v) is 3.04. The molecule has 17 heavy (non-hydrogen) atoms. The van der Waals surface area contributed by atoms with Crippen LogP contribution in [0.2, 0.25) is 0 Å². The van der Waals surface area contributed by atoms with Crippen LogP contribution in [0.3, 0.4) is 0 Å². The molecule has 0 radical (unpaired) electrons. The average Bonchev–Trinajstić information content (AvgIpc) is 2.26. The second-order valence-corrected chi connectivity index (χ2v) is 4.99. The van der Waals surface area contributed by atoms with Crippen LogP contribution >= 0.6 is 11.8 Å². The van der Waals surface area contributed by atoms with Gasteiger partial charge >= 0.3 is 0 Å². The Bertz CT molecular complexity index is 372. The van der Waals surface area contributed by atoms with Crippen LogP contribution in [-0.2, 0) is 0 Å². The second-order valence-electron chi connectivity index (χ2n) is 4.13. The van der Waals surface area contributed by atoms with Gasteiger partial charge in [-0.15, -0.1) is 0 Å². The number of ether oxygens (including phenoxy) is 1. The lowest BCUT2D eigenvalue weighted by Gasteiger charge is -2.22. The minimum Gasteiger partial charge on any atom is -0.481 e. The van der Waals surface area contributed by atoms with Crippen molar-refractivity contribution in [2.75, 3.05) is 31.0 Å². The monoisotopic (exact) mass is 257 g/mol. The topological polar surface area (TPSA) is 67.3 Å². The number of aryl methyl sites for hydroxylation is 1. The summed E-state index contributed by atoms with van der Waals surface area (Å²) in [5.74, 6) is 2.48. The molecule has 0 spiro atoms. The van der Waals surface area contributed by atoms with Gasteiger partial charge in [-0.25, -0.2) is 4.98 Å². The molecule has 1 aromatic heterocycles. The summed E-state index contributed by atoms with van der Waals surface area (Å²) in [6.45, 7) is 4.03. The molecule has 2 N–H and O–H groups in total. The number of anilines is 1. The number of aliphatic hydroxyl groups is 1. The SMILES string of the molecule is COc1cc(NCC(C)(O)CSC)nc(C)n1. The molecule has 1 rings (SSSR count). The molecule has 0 aromatic carbocycles. The van der Waals surface area contributed by atoms with Gasteiger partial charge in [0.05, 0.1) is 12.7 Å². The van der Waals surface area contributed by atoms with Crippen LogP contribution < -0.4 is 10.1 Å². The van der Waals surface area contributed by atoms with E-state index in [1.54, 1.807) is 38.8 Å². The molecule has 1 heterocycles. The molecule has 0 bridgehead atoms. The fraction of sp³-hybridized carbons (Fsp3) is 0.636. The first-order valence-electron chi connectivity index (χ1n) is 5.32. The van der Waals surface area contributed by atoms with Crippen LogP contribution in [-0.4, -0.2) is 46.3 Å². The molecule has 96 valence electrons. The van der Waals surface area contributed by atoms with Crippen molar-refractivity contribution in [3.05, 3.63) is 11.9 Å². The van der Waals surface area contributed by atoms with Crippen molar-refractivity contribution >= 4 is 17.6 Å². The molecule has 0 fully saturated rings. The molecule has 1 atom stereocenters. The summed E-state index contributed by atoms with van der Waals surface area (Å²) in [6, 6.07) is 1.71. The van der Waals surface area contributed by atoms with Gasteiger partial charge in [-0.1, -0.05) is 0 Å². The van der Waals surface area contributed by atoms with E-state index in [0.29, 0.717) is 29.8 Å². The lowest BCUT2D eigenvalue weighted by Crippen LogP contribution is -2.36. The predicted octanol–water partition coefficient (Wildman–Crippen LogP) is 1.32. The fourth-order valence-corrected chi connectivity index (χ4v) is 2.10. The summed E-state index contributed by atoms with van der Waals surface area (Å²) >= 11 is 1.61. The van der Waals surface area contributed by atoms with Gasteiger partial charge in [0.1, 0.15) is 11.6 Å². The Kier molecular flexibility index (Phi) is 5.02. The van der Waals surface area contributed by atoms with E-state index in [4.69, 9.17) is 4.74 Å². The molecular formula is C11H19N3O2S. The third-order valence-electron chi connectivity index (χ3n) is 2.13. The van der Waals surface area contributed by atoms with E-state index in [9.17, 15) is 5.11 Å². The number of nitrogens with one attached hydrogen (secondary N) is 1. The number of rotatable bonds is 6. The normalized spacial score (nSPS) is 14.2. The minimum atomic E-state index is -0.758. The van der Waals surface area contributed by atoms with Crippen molar-refractivity contribution in [1.29, 1.82) is 0 Å². The van der Waals surface area contributed by atoms with Crippen molar-refractivity contribution in [3.63, 3.8) is 0 Å². The van der Waals surface area contributed by atoms with Crippen LogP contribution in [0, 0.1) is 6.92 Å². The van der Waals surface area contributed by atoms with Gasteiger partial charge in [-0.3, -0.25) is 0 Å². The van der Waals surface area contributed by atoms with Crippen LogP contribution in [0.5, 0.6) is 5.88 Å². The summed E-state index contributed by atoms with van der Waals surface area (Å²) in [5, 5.41) is 13.1. The van der Waals surface area contributed by atoms with Crippen molar-refractivity contribution in [2.45, 2.75) is 19.4 Å². The number of nitrogens with zero attached hydrogens (tertiary/aromatic N) is 2. The highest BCUT2D eigenvalue weighted by Gasteiger charge is 2.19. The lowest BCUT2D eigenvalue weighted by molar-refractivity contribution is 0.0996. The number of hydrogen-bond acceptors (Lipinski definition) is 6. The van der Waals surface area contributed by atoms with Crippen LogP contribution in [0.15, 0.2) is 6.07 Å². The Morgan fingerprint density at radius 3 is 2.82 bits per heavy atom. The van der Waals surface area contributed by atoms with Crippen molar-refractivity contribution in [2.24, 2.45) is 0 Å². The van der Waals surface area contributed by atoms with Gasteiger partial charge in [-0.2, -0.15) is 16.7 Å². The van der Waals surface area contributed by atoms with Crippen molar-refractivity contribution in [1.82, 2.24) is 9.97 Å². The molecule has 0 aliphatic rings. The smallest absolute Gasteiger partial charge is 0.218 e. The van der Waals surface area contributed by atoms with Crippen molar-refractivity contribution in [3.8, 4) is 5.88 Å². The summed E-state index contributed by atoms with van der Waals surface area (Å²) in [7, 11) is 1.56. The summed E-state index contributed by atoms with van der Waals surface area (Å²) in [4.78, 5) is 8.32. The maximum atomic E-state index is 10.0. The van der Waals surface area contributed by atoms with Gasteiger partial charge in [0.15, 0.2) is 0 Å². The average molecular weight is 257 g/mol. The molecule has 0 aliphatic carbocycles. The Balaban J connectivity index is 2.65. The van der Waals surface area contributed by atoms with E-state index in [-0.39, 0.29) is 0 Å². The van der Waals surface area contributed by atoms with E-state index in [1.807, 2.05) is 6.26 Å². The highest BCUT2D eigenvalue weighted by atomic mass is 32.2. The van der Waals surface area contributed by atoms with E-state index >= 15 is 0 Å². The van der Waals surface area contributed by atoms with Crippen molar-refractivity contribution < 1.29 is 9.84 Å². The highest BCUT2D eigenvalue weighted by molar-refractivity contribution is 7.98. The molecule has 5 nitrogen and oxygen atoms in total. The number of hydrogen-bond donors (Lipinski definition) is 2. The van der Waals surface area contributed by atoms with E-state index in [2.05, 4.69) is 15.3 Å². The lowest BCUT2D eigenvalue weighted by atomic mass is 10.1. The van der Waals surface area contributed by atoms with Gasteiger partial charge in [0.2, 0.25) is 5.88 Å². The number of methoxy groups -OCH3 is 1. The predicted molar refractivity (Wildman–Crippen MR) is 70.8 cm³/mol. The molecule has 0 aliphatic heterocycles. The first-order chi connectivity index (χ1) is 7.96. The van der Waals surface area contributed by atoms with Gasteiger partial charge in [0, 0.05) is 18.4 Å². The molecule has 6 heteroatoms. The molecular weight excluding hydrogens is 238 g/mol. The quantitative estimate of drug-likeness (QED) is 0.801. The Morgan fingerprint density at radius 2 is 2.24 bits per heavy atom. The number of thioether (sulfide) groups is 1.